The van der Waals surface area contributed by atoms with E-state index in [1.807, 2.05) is 60.7 Å². The summed E-state index contributed by atoms with van der Waals surface area (Å²) in [7, 11) is -3.40. The number of carbonyl (C=O) groups excluding carboxylic acids is 2. The lowest BCUT2D eigenvalue weighted by molar-refractivity contribution is -0.385. The monoisotopic (exact) mass is 625 g/mol. The van der Waals surface area contributed by atoms with Crippen molar-refractivity contribution >= 4 is 53.7 Å². The number of hydrogen-bond acceptors (Lipinski definition) is 6. The minimum Gasteiger partial charge on any atom is -0.396 e. The predicted molar refractivity (Wildman–Crippen MR) is 171 cm³/mol. The van der Waals surface area contributed by atoms with Crippen molar-refractivity contribution < 1.29 is 28.5 Å². The lowest BCUT2D eigenvalue weighted by Crippen LogP contribution is -2.45. The number of non-ortho nitro benzene ring substituents is 1. The van der Waals surface area contributed by atoms with Crippen molar-refractivity contribution in [2.75, 3.05) is 16.4 Å². The third-order valence-corrected chi connectivity index (χ3v) is 12.1. The Labute approximate surface area is 260 Å². The van der Waals surface area contributed by atoms with Gasteiger partial charge in [0.2, 0.25) is 8.41 Å². The average molecular weight is 626 g/mol. The van der Waals surface area contributed by atoms with Gasteiger partial charge in [0.25, 0.3) is 17.5 Å². The maximum Gasteiger partial charge on any atom is 0.269 e. The topological polar surface area (TPSA) is 113 Å². The summed E-state index contributed by atoms with van der Waals surface area (Å²) >= 11 is 0. The average Bonchev–Trinajstić information content (AvgIpc) is 3.56. The first-order valence-corrected chi connectivity index (χ1v) is 18.0. The molecular formula is C34H32FN3O6Si. The lowest BCUT2D eigenvalue weighted by Gasteiger charge is -2.31. The molecule has 0 unspecified atom stereocenters. The van der Waals surface area contributed by atoms with Gasteiger partial charge in [0, 0.05) is 46.8 Å². The number of fused-ring (bicyclic) bond motifs is 2. The number of aliphatic hydroxyl groups excluding tert-OH is 1. The van der Waals surface area contributed by atoms with Crippen molar-refractivity contribution in [3.63, 3.8) is 0 Å². The first kappa shape index (κ1) is 29.3. The highest BCUT2D eigenvalue weighted by atomic mass is 28.4. The van der Waals surface area contributed by atoms with E-state index in [0.29, 0.717) is 22.5 Å². The minimum atomic E-state index is -3.40. The van der Waals surface area contributed by atoms with E-state index in [9.17, 15) is 24.8 Å². The molecule has 0 saturated carbocycles. The smallest absolute Gasteiger partial charge is 0.269 e. The van der Waals surface area contributed by atoms with Crippen molar-refractivity contribution in [1.29, 1.82) is 0 Å². The van der Waals surface area contributed by atoms with Crippen LogP contribution in [0.2, 0.25) is 18.6 Å². The van der Waals surface area contributed by atoms with Crippen molar-refractivity contribution in [3.05, 3.63) is 106 Å². The van der Waals surface area contributed by atoms with Crippen molar-refractivity contribution in [1.82, 2.24) is 0 Å². The number of nitro groups is 1. The molecular weight excluding hydrogens is 593 g/mol. The molecule has 4 aromatic carbocycles. The van der Waals surface area contributed by atoms with Crippen LogP contribution in [0, 0.1) is 16.0 Å². The number of halogens is 1. The zero-order valence-corrected chi connectivity index (χ0v) is 26.1. The van der Waals surface area contributed by atoms with Crippen molar-refractivity contribution in [3.8, 4) is 0 Å². The van der Waals surface area contributed by atoms with E-state index in [4.69, 9.17) is 4.74 Å². The summed E-state index contributed by atoms with van der Waals surface area (Å²) in [5, 5.41) is 23.4. The molecule has 1 spiro atoms. The van der Waals surface area contributed by atoms with E-state index >= 15 is 4.11 Å². The van der Waals surface area contributed by atoms with Gasteiger partial charge in [-0.1, -0.05) is 43.3 Å². The Morgan fingerprint density at radius 1 is 1.02 bits per heavy atom. The molecule has 230 valence electrons. The van der Waals surface area contributed by atoms with Gasteiger partial charge in [0.15, 0.2) is 5.60 Å². The quantitative estimate of drug-likeness (QED) is 0.105. The fraction of sp³-hybridized carbons (Fsp3) is 0.294. The van der Waals surface area contributed by atoms with E-state index < -0.39 is 42.4 Å². The van der Waals surface area contributed by atoms with E-state index in [2.05, 4.69) is 0 Å². The molecule has 0 bridgehead atoms. The van der Waals surface area contributed by atoms with Crippen LogP contribution in [-0.4, -0.2) is 43.0 Å². The standard InChI is InChI=1S/C34H32FN3O6Si/c1-20-31(45(2,3)35)29(16-17-39)44-34(20)26-18-24(38(42)43)14-15-27(26)36(33(34)41)19-21-10-12-23(13-11-21)37-28-9-5-7-22-6-4-8-25(30(22)28)32(37)40/h4-15,18,20,29,31,39H,16-17,19H2,1-3H3/t20-,29+,31-,34+/m0/s1. The molecule has 3 aliphatic rings. The molecule has 1 saturated heterocycles. The van der Waals surface area contributed by atoms with Crippen LogP contribution >= 0.6 is 0 Å². The molecule has 3 heterocycles. The van der Waals surface area contributed by atoms with E-state index in [0.717, 1.165) is 22.0 Å². The van der Waals surface area contributed by atoms with E-state index in [1.165, 1.54) is 12.1 Å². The van der Waals surface area contributed by atoms with Crippen LogP contribution in [0.15, 0.2) is 78.9 Å². The molecule has 7 rings (SSSR count). The number of amides is 2. The normalized spacial score (nSPS) is 23.9. The molecule has 0 radical (unpaired) electrons. The number of nitrogens with zero attached hydrogens (tertiary/aromatic N) is 3. The Morgan fingerprint density at radius 2 is 1.73 bits per heavy atom. The molecule has 1 fully saturated rings. The highest BCUT2D eigenvalue weighted by Gasteiger charge is 2.66. The van der Waals surface area contributed by atoms with Crippen LogP contribution in [-0.2, 0) is 21.7 Å². The maximum absolute atomic E-state index is 15.8. The van der Waals surface area contributed by atoms with Gasteiger partial charge in [0.05, 0.1) is 34.5 Å². The molecule has 1 N–H and O–H groups in total. The number of aliphatic hydroxyl groups is 1. The Bertz CT molecular complexity index is 1890. The second kappa shape index (κ2) is 10.3. The Morgan fingerprint density at radius 3 is 2.40 bits per heavy atom. The third kappa shape index (κ3) is 4.25. The van der Waals surface area contributed by atoms with Gasteiger partial charge in [-0.15, -0.1) is 0 Å². The Kier molecular flexibility index (Phi) is 6.70. The summed E-state index contributed by atoms with van der Waals surface area (Å²) in [6, 6.07) is 23.2. The second-order valence-corrected chi connectivity index (χ2v) is 16.4. The SMILES string of the molecule is C[C@H]1[C@H]([Si](C)(C)F)[C@@H](CCO)O[C@]12C(=O)N(Cc1ccc(N3C(=O)c4cccc5cccc3c45)cc1)c1ccc([N+](=O)[O-])cc12. The molecule has 0 aliphatic carbocycles. The first-order chi connectivity index (χ1) is 21.5. The lowest BCUT2D eigenvalue weighted by atomic mass is 9.82. The zero-order chi connectivity index (χ0) is 31.8. The number of carbonyl (C=O) groups is 2. The number of rotatable bonds is 7. The fourth-order valence-corrected chi connectivity index (χ4v) is 10.4. The van der Waals surface area contributed by atoms with E-state index in [-0.39, 0.29) is 31.2 Å². The van der Waals surface area contributed by atoms with Crippen LogP contribution in [0.4, 0.5) is 26.9 Å². The molecule has 45 heavy (non-hydrogen) atoms. The van der Waals surface area contributed by atoms with Gasteiger partial charge in [0.1, 0.15) is 0 Å². The number of hydrogen-bond donors (Lipinski definition) is 1. The van der Waals surface area contributed by atoms with Gasteiger partial charge in [-0.05, 0) is 60.8 Å². The molecule has 4 aromatic rings. The maximum atomic E-state index is 15.8. The number of benzene rings is 4. The predicted octanol–water partition coefficient (Wildman–Crippen LogP) is 6.74. The summed E-state index contributed by atoms with van der Waals surface area (Å²) in [6.45, 7) is 4.81. The first-order valence-electron chi connectivity index (χ1n) is 15.0. The largest absolute Gasteiger partial charge is 0.396 e. The van der Waals surface area contributed by atoms with Gasteiger partial charge in [-0.3, -0.25) is 24.6 Å². The van der Waals surface area contributed by atoms with Crippen molar-refractivity contribution in [2.45, 2.75) is 50.2 Å². The molecule has 11 heteroatoms. The number of nitro benzene ring substituents is 1. The van der Waals surface area contributed by atoms with E-state index in [1.54, 1.807) is 35.9 Å². The summed E-state index contributed by atoms with van der Waals surface area (Å²) < 4.78 is 22.3. The number of ether oxygens (including phenoxy) is 1. The highest BCUT2D eigenvalue weighted by molar-refractivity contribution is 6.72. The molecule has 9 nitrogen and oxygen atoms in total. The number of anilines is 3. The Balaban J connectivity index is 1.25. The summed E-state index contributed by atoms with van der Waals surface area (Å²) in [5.74, 6) is -1.14. The zero-order valence-electron chi connectivity index (χ0n) is 25.1. The summed E-state index contributed by atoms with van der Waals surface area (Å²) in [4.78, 5) is 42.4. The molecule has 4 atom stereocenters. The second-order valence-electron chi connectivity index (χ2n) is 12.6. The van der Waals surface area contributed by atoms with Gasteiger partial charge >= 0.3 is 0 Å². The Hall–Kier alpha value is -4.45. The molecule has 2 amide bonds. The van der Waals surface area contributed by atoms with Crippen LogP contribution in [0.5, 0.6) is 0 Å². The van der Waals surface area contributed by atoms with Crippen LogP contribution in [0.1, 0.15) is 34.8 Å². The van der Waals surface area contributed by atoms with Gasteiger partial charge in [-0.25, -0.2) is 0 Å². The third-order valence-electron chi connectivity index (χ3n) is 9.66. The minimum absolute atomic E-state index is 0.111. The highest BCUT2D eigenvalue weighted by Crippen LogP contribution is 2.60. The van der Waals surface area contributed by atoms with Crippen LogP contribution in [0.25, 0.3) is 10.8 Å². The molecule has 3 aliphatic heterocycles. The summed E-state index contributed by atoms with van der Waals surface area (Å²) in [6.07, 6.45) is -0.554. The van der Waals surface area contributed by atoms with Crippen molar-refractivity contribution in [2.24, 2.45) is 5.92 Å². The molecule has 0 aromatic heterocycles. The van der Waals surface area contributed by atoms with Gasteiger partial charge < -0.3 is 18.9 Å². The van der Waals surface area contributed by atoms with Crippen LogP contribution in [0.3, 0.4) is 0 Å². The summed E-state index contributed by atoms with van der Waals surface area (Å²) in [5.41, 5.74) is 1.33. The van der Waals surface area contributed by atoms with Crippen LogP contribution < -0.4 is 9.80 Å². The van der Waals surface area contributed by atoms with Gasteiger partial charge in [-0.2, -0.15) is 0 Å². The fourth-order valence-electron chi connectivity index (χ4n) is 7.81.